The van der Waals surface area contributed by atoms with Crippen LogP contribution in [-0.4, -0.2) is 37.6 Å². The maximum Gasteiger partial charge on any atom is 0.414 e. The molecule has 1 aromatic rings. The van der Waals surface area contributed by atoms with Gasteiger partial charge in [0, 0.05) is 6.07 Å². The number of aliphatic hydroxyl groups excluding tert-OH is 1. The van der Waals surface area contributed by atoms with Crippen LogP contribution in [0.1, 0.15) is 0 Å². The molecule has 1 N–H and O–H groups in total. The number of aliphatic hydroxyl groups is 1. The lowest BCUT2D eigenvalue weighted by Gasteiger charge is -2.13. The number of cyclic esters (lactones) is 1. The van der Waals surface area contributed by atoms with Crippen molar-refractivity contribution in [1.82, 2.24) is 0 Å². The van der Waals surface area contributed by atoms with Crippen LogP contribution in [-0.2, 0) is 4.74 Å². The number of anilines is 1. The number of methoxy groups -OCH3 is 1. The highest BCUT2D eigenvalue weighted by Gasteiger charge is 2.31. The number of hydrogen-bond acceptors (Lipinski definition) is 4. The van der Waals surface area contributed by atoms with Crippen LogP contribution in [0.2, 0.25) is 0 Å². The first-order valence-electron chi connectivity index (χ1n) is 4.97. The zero-order valence-electron chi connectivity index (χ0n) is 8.92. The van der Waals surface area contributed by atoms with Gasteiger partial charge in [-0.1, -0.05) is 6.07 Å². The van der Waals surface area contributed by atoms with E-state index in [2.05, 4.69) is 0 Å². The summed E-state index contributed by atoms with van der Waals surface area (Å²) in [7, 11) is 1.57. The van der Waals surface area contributed by atoms with E-state index in [1.54, 1.807) is 31.4 Å². The average Bonchev–Trinajstić information content (AvgIpc) is 2.71. The molecule has 2 rings (SSSR count). The fourth-order valence-corrected chi connectivity index (χ4v) is 1.61. The predicted octanol–water partition coefficient (Wildman–Crippen LogP) is 1.01. The maximum absolute atomic E-state index is 11.5. The molecule has 1 heterocycles. The molecular weight excluding hydrogens is 210 g/mol. The van der Waals surface area contributed by atoms with E-state index in [4.69, 9.17) is 14.6 Å². The summed E-state index contributed by atoms with van der Waals surface area (Å²) in [4.78, 5) is 13.0. The molecule has 1 amide bonds. The van der Waals surface area contributed by atoms with E-state index in [0.717, 1.165) is 0 Å². The van der Waals surface area contributed by atoms with Crippen LogP contribution in [0.15, 0.2) is 24.3 Å². The van der Waals surface area contributed by atoms with Crippen molar-refractivity contribution in [1.29, 1.82) is 0 Å². The van der Waals surface area contributed by atoms with E-state index in [1.807, 2.05) is 0 Å². The van der Waals surface area contributed by atoms with Crippen LogP contribution < -0.4 is 9.64 Å². The van der Waals surface area contributed by atoms with Crippen molar-refractivity contribution in [3.8, 4) is 5.75 Å². The topological polar surface area (TPSA) is 59.0 Å². The number of rotatable bonds is 3. The number of benzene rings is 1. The van der Waals surface area contributed by atoms with Crippen molar-refractivity contribution in [3.63, 3.8) is 0 Å². The summed E-state index contributed by atoms with van der Waals surface area (Å²) in [6, 6.07) is 7.15. The summed E-state index contributed by atoms with van der Waals surface area (Å²) in [5.41, 5.74) is 0.709. The standard InChI is InChI=1S/C11H13NO4/c1-15-9-4-2-3-8(5-9)12-6-10(7-13)16-11(12)14/h2-5,10,13H,6-7H2,1H3/t10-/m1/s1. The smallest absolute Gasteiger partial charge is 0.414 e. The summed E-state index contributed by atoms with van der Waals surface area (Å²) < 4.78 is 10.0. The van der Waals surface area contributed by atoms with Crippen molar-refractivity contribution in [2.45, 2.75) is 6.10 Å². The van der Waals surface area contributed by atoms with Crippen LogP contribution in [0, 0.1) is 0 Å². The molecule has 1 fully saturated rings. The van der Waals surface area contributed by atoms with Crippen molar-refractivity contribution < 1.29 is 19.4 Å². The summed E-state index contributed by atoms with van der Waals surface area (Å²) >= 11 is 0. The van der Waals surface area contributed by atoms with Gasteiger partial charge in [-0.25, -0.2) is 4.79 Å². The van der Waals surface area contributed by atoms with Crippen LogP contribution in [0.25, 0.3) is 0 Å². The van der Waals surface area contributed by atoms with Gasteiger partial charge in [0.15, 0.2) is 0 Å². The molecule has 1 atom stereocenters. The van der Waals surface area contributed by atoms with E-state index < -0.39 is 12.2 Å². The summed E-state index contributed by atoms with van der Waals surface area (Å²) in [5, 5.41) is 8.92. The molecule has 16 heavy (non-hydrogen) atoms. The largest absolute Gasteiger partial charge is 0.497 e. The second-order valence-corrected chi connectivity index (χ2v) is 3.50. The Hall–Kier alpha value is -1.75. The number of ether oxygens (including phenoxy) is 2. The van der Waals surface area contributed by atoms with Crippen LogP contribution >= 0.6 is 0 Å². The highest BCUT2D eigenvalue weighted by molar-refractivity contribution is 5.89. The number of carbonyl (C=O) groups excluding carboxylic acids is 1. The molecule has 0 bridgehead atoms. The molecule has 0 radical (unpaired) electrons. The molecule has 1 aliphatic rings. The Morgan fingerprint density at radius 2 is 2.44 bits per heavy atom. The maximum atomic E-state index is 11.5. The first-order valence-corrected chi connectivity index (χ1v) is 4.97. The summed E-state index contributed by atoms with van der Waals surface area (Å²) in [5.74, 6) is 0.678. The Kier molecular flexibility index (Phi) is 2.96. The van der Waals surface area contributed by atoms with Crippen molar-refractivity contribution in [3.05, 3.63) is 24.3 Å². The molecule has 0 saturated carbocycles. The van der Waals surface area contributed by atoms with Crippen molar-refractivity contribution in [2.75, 3.05) is 25.2 Å². The fourth-order valence-electron chi connectivity index (χ4n) is 1.61. The normalized spacial score (nSPS) is 19.8. The minimum atomic E-state index is -0.446. The highest BCUT2D eigenvalue weighted by atomic mass is 16.6. The van der Waals surface area contributed by atoms with Gasteiger partial charge in [-0.05, 0) is 12.1 Å². The number of amides is 1. The molecule has 1 saturated heterocycles. The van der Waals surface area contributed by atoms with E-state index in [-0.39, 0.29) is 6.61 Å². The van der Waals surface area contributed by atoms with Gasteiger partial charge in [-0.2, -0.15) is 0 Å². The fraction of sp³-hybridized carbons (Fsp3) is 0.364. The minimum absolute atomic E-state index is 0.161. The van der Waals surface area contributed by atoms with Crippen LogP contribution in [0.5, 0.6) is 5.75 Å². The Morgan fingerprint density at radius 3 is 3.06 bits per heavy atom. The van der Waals surface area contributed by atoms with Crippen LogP contribution in [0.4, 0.5) is 10.5 Å². The number of nitrogens with zero attached hydrogens (tertiary/aromatic N) is 1. The van der Waals surface area contributed by atoms with E-state index in [9.17, 15) is 4.79 Å². The van der Waals surface area contributed by atoms with E-state index in [1.165, 1.54) is 4.90 Å². The first-order chi connectivity index (χ1) is 7.74. The Balaban J connectivity index is 2.20. The van der Waals surface area contributed by atoms with Gasteiger partial charge in [0.2, 0.25) is 0 Å². The number of carbonyl (C=O) groups is 1. The number of hydrogen-bond donors (Lipinski definition) is 1. The Bertz CT molecular complexity index is 393. The third-order valence-electron chi connectivity index (χ3n) is 2.44. The predicted molar refractivity (Wildman–Crippen MR) is 57.7 cm³/mol. The zero-order chi connectivity index (χ0) is 11.5. The first kappa shape index (κ1) is 10.8. The second kappa shape index (κ2) is 4.40. The molecule has 0 aliphatic carbocycles. The lowest BCUT2D eigenvalue weighted by molar-refractivity contribution is 0.0963. The van der Waals surface area contributed by atoms with Gasteiger partial charge in [0.05, 0.1) is 25.9 Å². The molecule has 1 aromatic carbocycles. The average molecular weight is 223 g/mol. The quantitative estimate of drug-likeness (QED) is 0.830. The van der Waals surface area contributed by atoms with Gasteiger partial charge in [-0.15, -0.1) is 0 Å². The van der Waals surface area contributed by atoms with Gasteiger partial charge < -0.3 is 14.6 Å². The van der Waals surface area contributed by atoms with Crippen molar-refractivity contribution in [2.24, 2.45) is 0 Å². The molecule has 0 aromatic heterocycles. The van der Waals surface area contributed by atoms with Gasteiger partial charge >= 0.3 is 6.09 Å². The van der Waals surface area contributed by atoms with Gasteiger partial charge in [0.1, 0.15) is 11.9 Å². The van der Waals surface area contributed by atoms with E-state index >= 15 is 0 Å². The Labute approximate surface area is 93.2 Å². The third kappa shape index (κ3) is 1.94. The Morgan fingerprint density at radius 1 is 1.62 bits per heavy atom. The molecule has 5 nitrogen and oxygen atoms in total. The summed E-state index contributed by atoms with van der Waals surface area (Å²) in [6.07, 6.45) is -0.883. The zero-order valence-corrected chi connectivity index (χ0v) is 8.92. The molecule has 1 aliphatic heterocycles. The lowest BCUT2D eigenvalue weighted by atomic mass is 10.2. The van der Waals surface area contributed by atoms with Gasteiger partial charge in [-0.3, -0.25) is 4.90 Å². The molecular formula is C11H13NO4. The van der Waals surface area contributed by atoms with Crippen LogP contribution in [0.3, 0.4) is 0 Å². The third-order valence-corrected chi connectivity index (χ3v) is 2.44. The molecule has 86 valence electrons. The second-order valence-electron chi connectivity index (χ2n) is 3.50. The SMILES string of the molecule is COc1cccc(N2C[C@H](CO)OC2=O)c1. The highest BCUT2D eigenvalue weighted by Crippen LogP contribution is 2.25. The molecule has 0 spiro atoms. The van der Waals surface area contributed by atoms with E-state index in [0.29, 0.717) is 18.0 Å². The minimum Gasteiger partial charge on any atom is -0.497 e. The monoisotopic (exact) mass is 223 g/mol. The lowest BCUT2D eigenvalue weighted by Crippen LogP contribution is -2.25. The molecule has 5 heteroatoms. The summed E-state index contributed by atoms with van der Waals surface area (Å²) in [6.45, 7) is 0.203. The van der Waals surface area contributed by atoms with Crippen molar-refractivity contribution >= 4 is 11.8 Å². The van der Waals surface area contributed by atoms with Gasteiger partial charge in [0.25, 0.3) is 0 Å². The molecule has 0 unspecified atom stereocenters.